The van der Waals surface area contributed by atoms with Crippen LogP contribution in [0.3, 0.4) is 0 Å². The molecule has 0 saturated heterocycles. The van der Waals surface area contributed by atoms with Crippen LogP contribution in [0.1, 0.15) is 24.0 Å². The Labute approximate surface area is 127 Å². The van der Waals surface area contributed by atoms with Crippen molar-refractivity contribution in [2.45, 2.75) is 19.4 Å². The van der Waals surface area contributed by atoms with Crippen molar-refractivity contribution in [3.63, 3.8) is 0 Å². The van der Waals surface area contributed by atoms with Gasteiger partial charge in [0.25, 0.3) is 0 Å². The van der Waals surface area contributed by atoms with Crippen LogP contribution in [-0.2, 0) is 6.42 Å². The molecule has 1 atom stereocenters. The Hall–Kier alpha value is -2.78. The van der Waals surface area contributed by atoms with Gasteiger partial charge in [-0.2, -0.15) is 5.06 Å². The molecule has 0 saturated carbocycles. The molecule has 2 aromatic rings. The number of primary amides is 1. The standard InChI is InChI=1S/C16H15FN2O3/c1-11(19(21)16(18)20)2-7-14-8-9-15(22-14)10-12-3-5-13(17)6-4-12/h3-6,8-9,11,21H,10H2,1H3,(H2,18,20). The summed E-state index contributed by atoms with van der Waals surface area (Å²) in [7, 11) is 0. The van der Waals surface area contributed by atoms with Gasteiger partial charge in [0.2, 0.25) is 0 Å². The highest BCUT2D eigenvalue weighted by molar-refractivity contribution is 5.71. The fourth-order valence-electron chi connectivity index (χ4n) is 1.77. The third-order valence-corrected chi connectivity index (χ3v) is 2.95. The summed E-state index contributed by atoms with van der Waals surface area (Å²) in [6.07, 6.45) is 0.519. The first-order valence-electron chi connectivity index (χ1n) is 6.58. The number of rotatable bonds is 3. The number of nitrogens with zero attached hydrogens (tertiary/aromatic N) is 1. The van der Waals surface area contributed by atoms with Gasteiger partial charge in [0.05, 0.1) is 0 Å². The van der Waals surface area contributed by atoms with Crippen molar-refractivity contribution < 1.29 is 18.8 Å². The molecule has 5 nitrogen and oxygen atoms in total. The molecule has 1 aromatic carbocycles. The molecule has 0 aliphatic carbocycles. The van der Waals surface area contributed by atoms with E-state index in [-0.39, 0.29) is 5.82 Å². The maximum Gasteiger partial charge on any atom is 0.339 e. The maximum absolute atomic E-state index is 12.8. The Bertz CT molecular complexity index is 713. The molecule has 0 aliphatic heterocycles. The van der Waals surface area contributed by atoms with Crippen molar-refractivity contribution in [1.82, 2.24) is 5.06 Å². The van der Waals surface area contributed by atoms with Crippen molar-refractivity contribution in [2.75, 3.05) is 0 Å². The van der Waals surface area contributed by atoms with E-state index in [2.05, 4.69) is 11.8 Å². The van der Waals surface area contributed by atoms with Crippen molar-refractivity contribution in [2.24, 2.45) is 5.73 Å². The zero-order valence-corrected chi connectivity index (χ0v) is 11.9. The molecule has 0 spiro atoms. The van der Waals surface area contributed by atoms with E-state index in [4.69, 9.17) is 10.2 Å². The van der Waals surface area contributed by atoms with Crippen LogP contribution in [0.2, 0.25) is 0 Å². The average Bonchev–Trinajstić information content (AvgIpc) is 2.94. The van der Waals surface area contributed by atoms with Gasteiger partial charge in [-0.3, -0.25) is 5.21 Å². The summed E-state index contributed by atoms with van der Waals surface area (Å²) in [5.74, 6) is 6.15. The first-order valence-corrected chi connectivity index (χ1v) is 6.58. The Balaban J connectivity index is 2.03. The van der Waals surface area contributed by atoms with E-state index in [9.17, 15) is 14.4 Å². The summed E-state index contributed by atoms with van der Waals surface area (Å²) in [4.78, 5) is 10.8. The van der Waals surface area contributed by atoms with E-state index in [0.29, 0.717) is 23.0 Å². The number of hydrogen-bond donors (Lipinski definition) is 2. The molecule has 0 aliphatic rings. The summed E-state index contributed by atoms with van der Waals surface area (Å²) in [6, 6.07) is 7.87. The molecule has 1 heterocycles. The number of halogens is 1. The monoisotopic (exact) mass is 302 g/mol. The topological polar surface area (TPSA) is 79.7 Å². The van der Waals surface area contributed by atoms with Crippen LogP contribution in [0, 0.1) is 17.7 Å². The molecule has 2 rings (SSSR count). The van der Waals surface area contributed by atoms with Gasteiger partial charge in [0.15, 0.2) is 5.76 Å². The largest absolute Gasteiger partial charge is 0.452 e. The molecule has 0 bridgehead atoms. The Kier molecular flexibility index (Phi) is 4.81. The highest BCUT2D eigenvalue weighted by Crippen LogP contribution is 2.13. The van der Waals surface area contributed by atoms with Crippen LogP contribution in [0.25, 0.3) is 0 Å². The van der Waals surface area contributed by atoms with Gasteiger partial charge in [-0.05, 0) is 42.7 Å². The summed E-state index contributed by atoms with van der Waals surface area (Å²) in [5, 5.41) is 9.63. The fourth-order valence-corrected chi connectivity index (χ4v) is 1.77. The lowest BCUT2D eigenvalue weighted by molar-refractivity contribution is -0.0536. The quantitative estimate of drug-likeness (QED) is 0.519. The van der Waals surface area contributed by atoms with Crippen LogP contribution >= 0.6 is 0 Å². The molecule has 2 amide bonds. The molecule has 6 heteroatoms. The summed E-state index contributed by atoms with van der Waals surface area (Å²) in [5.41, 5.74) is 5.84. The van der Waals surface area contributed by atoms with Gasteiger partial charge in [-0.25, -0.2) is 9.18 Å². The SMILES string of the molecule is CC(C#Cc1ccc(Cc2ccc(F)cc2)o1)N(O)C(N)=O. The number of nitrogens with two attached hydrogens (primary N) is 1. The number of amides is 2. The van der Waals surface area contributed by atoms with Crippen molar-refractivity contribution in [1.29, 1.82) is 0 Å². The number of carbonyl (C=O) groups excluding carboxylic acids is 1. The highest BCUT2D eigenvalue weighted by atomic mass is 19.1. The van der Waals surface area contributed by atoms with E-state index in [1.165, 1.54) is 19.1 Å². The third kappa shape index (κ3) is 4.11. The molecule has 0 radical (unpaired) electrons. The predicted octanol–water partition coefficient (Wildman–Crippen LogP) is 2.52. The lowest BCUT2D eigenvalue weighted by atomic mass is 10.1. The smallest absolute Gasteiger partial charge is 0.339 e. The molecule has 114 valence electrons. The minimum absolute atomic E-state index is 0.285. The number of furan rings is 1. The molecule has 22 heavy (non-hydrogen) atoms. The highest BCUT2D eigenvalue weighted by Gasteiger charge is 2.12. The maximum atomic E-state index is 12.8. The van der Waals surface area contributed by atoms with Crippen LogP contribution in [0.4, 0.5) is 9.18 Å². The summed E-state index contributed by atoms with van der Waals surface area (Å²) in [6.45, 7) is 1.53. The molecule has 0 fully saturated rings. The van der Waals surface area contributed by atoms with Gasteiger partial charge in [-0.1, -0.05) is 18.1 Å². The first kappa shape index (κ1) is 15.6. The molecule has 3 N–H and O–H groups in total. The van der Waals surface area contributed by atoms with E-state index in [0.717, 1.165) is 5.56 Å². The Morgan fingerprint density at radius 1 is 1.36 bits per heavy atom. The number of urea groups is 1. The van der Waals surface area contributed by atoms with Crippen LogP contribution < -0.4 is 5.73 Å². The van der Waals surface area contributed by atoms with Gasteiger partial charge in [-0.15, -0.1) is 0 Å². The number of hydrogen-bond acceptors (Lipinski definition) is 3. The van der Waals surface area contributed by atoms with Crippen molar-refractivity contribution in [3.05, 3.63) is 59.3 Å². The fraction of sp³-hybridized carbons (Fsp3) is 0.188. The van der Waals surface area contributed by atoms with Crippen molar-refractivity contribution in [3.8, 4) is 11.8 Å². The minimum Gasteiger partial charge on any atom is -0.452 e. The lowest BCUT2D eigenvalue weighted by Crippen LogP contribution is -2.38. The number of hydroxylamine groups is 2. The van der Waals surface area contributed by atoms with Crippen LogP contribution in [-0.4, -0.2) is 22.3 Å². The molecular weight excluding hydrogens is 287 g/mol. The number of carbonyl (C=O) groups is 1. The number of benzene rings is 1. The van der Waals surface area contributed by atoms with Gasteiger partial charge < -0.3 is 10.2 Å². The first-order chi connectivity index (χ1) is 10.5. The normalized spacial score (nSPS) is 11.4. The van der Waals surface area contributed by atoms with Crippen LogP contribution in [0.5, 0.6) is 0 Å². The summed E-state index contributed by atoms with van der Waals surface area (Å²) < 4.78 is 18.4. The van der Waals surface area contributed by atoms with Gasteiger partial charge >= 0.3 is 6.03 Å². The zero-order chi connectivity index (χ0) is 16.1. The summed E-state index contributed by atoms with van der Waals surface area (Å²) >= 11 is 0. The second-order valence-electron chi connectivity index (χ2n) is 4.70. The van der Waals surface area contributed by atoms with E-state index >= 15 is 0 Å². The molecule has 1 unspecified atom stereocenters. The Morgan fingerprint density at radius 2 is 2.05 bits per heavy atom. The minimum atomic E-state index is -0.974. The Morgan fingerprint density at radius 3 is 2.68 bits per heavy atom. The lowest BCUT2D eigenvalue weighted by Gasteiger charge is -2.14. The second-order valence-corrected chi connectivity index (χ2v) is 4.70. The molecule has 1 aromatic heterocycles. The van der Waals surface area contributed by atoms with Gasteiger partial charge in [0, 0.05) is 6.42 Å². The zero-order valence-electron chi connectivity index (χ0n) is 11.9. The van der Waals surface area contributed by atoms with E-state index < -0.39 is 12.1 Å². The van der Waals surface area contributed by atoms with E-state index in [1.54, 1.807) is 24.3 Å². The van der Waals surface area contributed by atoms with Crippen LogP contribution in [0.15, 0.2) is 40.8 Å². The van der Waals surface area contributed by atoms with Gasteiger partial charge in [0.1, 0.15) is 17.6 Å². The third-order valence-electron chi connectivity index (χ3n) is 2.95. The van der Waals surface area contributed by atoms with Crippen molar-refractivity contribution >= 4 is 6.03 Å². The second kappa shape index (κ2) is 6.78. The molecular formula is C16H15FN2O3. The average molecular weight is 302 g/mol. The predicted molar refractivity (Wildman–Crippen MR) is 77.5 cm³/mol. The van der Waals surface area contributed by atoms with E-state index in [1.807, 2.05) is 0 Å².